The highest BCUT2D eigenvalue weighted by Gasteiger charge is 2.29. The van der Waals surface area contributed by atoms with Crippen LogP contribution in [0.4, 0.5) is 5.82 Å². The molecule has 0 bridgehead atoms. The summed E-state index contributed by atoms with van der Waals surface area (Å²) in [5, 5.41) is 6.14. The number of rotatable bonds is 7. The number of carbonyl (C=O) groups excluding carboxylic acids is 1. The van der Waals surface area contributed by atoms with Gasteiger partial charge in [-0.25, -0.2) is 15.0 Å². The Morgan fingerprint density at radius 1 is 1.38 bits per heavy atom. The van der Waals surface area contributed by atoms with Crippen molar-refractivity contribution in [2.75, 3.05) is 18.4 Å². The van der Waals surface area contributed by atoms with Crippen LogP contribution in [-0.2, 0) is 11.8 Å². The van der Waals surface area contributed by atoms with E-state index in [0.29, 0.717) is 18.8 Å². The smallest absolute Gasteiger partial charge is 0.241 e. The second kappa shape index (κ2) is 8.06. The molecule has 3 aromatic heterocycles. The minimum atomic E-state index is -0.145. The first kappa shape index (κ1) is 19.2. The molecule has 2 atom stereocenters. The van der Waals surface area contributed by atoms with E-state index in [2.05, 4.69) is 27.5 Å². The first-order chi connectivity index (χ1) is 14.0. The maximum Gasteiger partial charge on any atom is 0.241 e. The Bertz CT molecular complexity index is 1010. The second-order valence-electron chi connectivity index (χ2n) is 7.49. The highest BCUT2D eigenvalue weighted by Crippen LogP contribution is 2.30. The lowest BCUT2D eigenvalue weighted by Crippen LogP contribution is -2.26. The van der Waals surface area contributed by atoms with Crippen LogP contribution >= 0.6 is 0 Å². The molecule has 29 heavy (non-hydrogen) atoms. The molecule has 0 aliphatic carbocycles. The van der Waals surface area contributed by atoms with Crippen molar-refractivity contribution in [3.8, 4) is 17.1 Å². The van der Waals surface area contributed by atoms with Crippen molar-refractivity contribution in [1.29, 1.82) is 0 Å². The van der Waals surface area contributed by atoms with E-state index in [4.69, 9.17) is 9.72 Å². The molecule has 0 saturated carbocycles. The van der Waals surface area contributed by atoms with Gasteiger partial charge in [0.25, 0.3) is 0 Å². The molecule has 0 aromatic carbocycles. The van der Waals surface area contributed by atoms with Gasteiger partial charge in [0.15, 0.2) is 0 Å². The molecule has 1 amide bonds. The summed E-state index contributed by atoms with van der Waals surface area (Å²) in [7, 11) is 1.92. The topological polar surface area (TPSA) is 94.0 Å². The Hall–Kier alpha value is -3.16. The molecule has 1 aliphatic heterocycles. The molecule has 152 valence electrons. The number of hydrogen-bond donors (Lipinski definition) is 2. The molecule has 1 saturated heterocycles. The van der Waals surface area contributed by atoms with E-state index in [0.717, 1.165) is 41.1 Å². The number of pyridine rings is 2. The molecule has 2 N–H and O–H groups in total. The van der Waals surface area contributed by atoms with E-state index < -0.39 is 0 Å². The van der Waals surface area contributed by atoms with Gasteiger partial charge in [-0.3, -0.25) is 4.79 Å². The molecule has 0 spiro atoms. The van der Waals surface area contributed by atoms with Crippen LogP contribution < -0.4 is 15.4 Å². The Balaban J connectivity index is 1.65. The van der Waals surface area contributed by atoms with Crippen molar-refractivity contribution in [3.63, 3.8) is 0 Å². The van der Waals surface area contributed by atoms with E-state index in [1.807, 2.05) is 42.9 Å². The zero-order valence-corrected chi connectivity index (χ0v) is 17.0. The summed E-state index contributed by atoms with van der Waals surface area (Å²) in [5.74, 6) is 1.57. The summed E-state index contributed by atoms with van der Waals surface area (Å²) in [6.07, 6.45) is 4.94. The van der Waals surface area contributed by atoms with Crippen molar-refractivity contribution in [1.82, 2.24) is 24.8 Å². The first-order valence-electron chi connectivity index (χ1n) is 10.0. The van der Waals surface area contributed by atoms with Gasteiger partial charge in [0.2, 0.25) is 11.8 Å². The van der Waals surface area contributed by atoms with Crippen LogP contribution in [0.15, 0.2) is 30.7 Å². The number of imidazole rings is 1. The summed E-state index contributed by atoms with van der Waals surface area (Å²) < 4.78 is 8.15. The standard InChI is InChI=1S/C21H26N6O2/c1-4-7-22-18-6-5-14(10-23-18)16-9-17-20(27(3)12-25-17)21(26-16)29-13(2)15-8-19(28)24-11-15/h5-6,9-10,12-13,15H,4,7-8,11H2,1-3H3,(H,22,23)(H,24,28)/t13-,15-/m1/s1. The molecule has 3 aromatic rings. The maximum atomic E-state index is 11.6. The molecule has 4 heterocycles. The third kappa shape index (κ3) is 4.01. The van der Waals surface area contributed by atoms with Crippen molar-refractivity contribution in [2.45, 2.75) is 32.8 Å². The highest BCUT2D eigenvalue weighted by molar-refractivity contribution is 5.84. The molecular weight excluding hydrogens is 368 g/mol. The second-order valence-corrected chi connectivity index (χ2v) is 7.49. The van der Waals surface area contributed by atoms with Gasteiger partial charge in [-0.2, -0.15) is 0 Å². The Kier molecular flexibility index (Phi) is 5.33. The fraction of sp³-hybridized carbons (Fsp3) is 0.429. The van der Waals surface area contributed by atoms with Gasteiger partial charge in [-0.05, 0) is 31.5 Å². The van der Waals surface area contributed by atoms with Crippen molar-refractivity contribution < 1.29 is 9.53 Å². The van der Waals surface area contributed by atoms with Gasteiger partial charge in [0, 0.05) is 44.2 Å². The fourth-order valence-electron chi connectivity index (χ4n) is 3.50. The molecule has 0 unspecified atom stereocenters. The number of carbonyl (C=O) groups is 1. The molecule has 4 rings (SSSR count). The number of nitrogens with one attached hydrogen (secondary N) is 2. The van der Waals surface area contributed by atoms with Crippen LogP contribution in [0.1, 0.15) is 26.7 Å². The van der Waals surface area contributed by atoms with Crippen LogP contribution in [0.5, 0.6) is 5.88 Å². The van der Waals surface area contributed by atoms with Crippen molar-refractivity contribution in [2.24, 2.45) is 13.0 Å². The lowest BCUT2D eigenvalue weighted by Gasteiger charge is -2.20. The minimum Gasteiger partial charge on any atom is -0.473 e. The van der Waals surface area contributed by atoms with Crippen molar-refractivity contribution in [3.05, 3.63) is 30.7 Å². The summed E-state index contributed by atoms with van der Waals surface area (Å²) in [6, 6.07) is 5.90. The van der Waals surface area contributed by atoms with Crippen LogP contribution in [0.2, 0.25) is 0 Å². The quantitative estimate of drug-likeness (QED) is 0.640. The Labute approximate surface area is 169 Å². The molecule has 8 nitrogen and oxygen atoms in total. The van der Waals surface area contributed by atoms with Gasteiger partial charge in [-0.1, -0.05) is 6.92 Å². The fourth-order valence-corrected chi connectivity index (χ4v) is 3.50. The van der Waals surface area contributed by atoms with Crippen LogP contribution in [0, 0.1) is 5.92 Å². The van der Waals surface area contributed by atoms with Crippen LogP contribution in [0.3, 0.4) is 0 Å². The van der Waals surface area contributed by atoms with E-state index in [-0.39, 0.29) is 17.9 Å². The Morgan fingerprint density at radius 3 is 2.93 bits per heavy atom. The zero-order chi connectivity index (χ0) is 20.4. The predicted molar refractivity (Wildman–Crippen MR) is 112 cm³/mol. The lowest BCUT2D eigenvalue weighted by atomic mass is 10.0. The third-order valence-electron chi connectivity index (χ3n) is 5.25. The van der Waals surface area contributed by atoms with E-state index in [1.54, 1.807) is 6.33 Å². The summed E-state index contributed by atoms with van der Waals surface area (Å²) in [6.45, 7) is 5.62. The van der Waals surface area contributed by atoms with Gasteiger partial charge in [0.1, 0.15) is 17.4 Å². The number of hydrogen-bond acceptors (Lipinski definition) is 6. The SMILES string of the molecule is CCCNc1ccc(-c2cc3ncn(C)c3c(O[C@H](C)[C@H]3CNC(=O)C3)n2)cn1. The van der Waals surface area contributed by atoms with E-state index >= 15 is 0 Å². The number of aryl methyl sites for hydroxylation is 1. The minimum absolute atomic E-state index is 0.0701. The summed E-state index contributed by atoms with van der Waals surface area (Å²) in [5.41, 5.74) is 3.31. The predicted octanol–water partition coefficient (Wildman–Crippen LogP) is 2.76. The van der Waals surface area contributed by atoms with Gasteiger partial charge >= 0.3 is 0 Å². The van der Waals surface area contributed by atoms with Crippen molar-refractivity contribution >= 4 is 22.8 Å². The number of nitrogens with zero attached hydrogens (tertiary/aromatic N) is 4. The number of ether oxygens (including phenoxy) is 1. The normalized spacial score (nSPS) is 17.3. The lowest BCUT2D eigenvalue weighted by molar-refractivity contribution is -0.119. The van der Waals surface area contributed by atoms with Gasteiger partial charge < -0.3 is 19.9 Å². The number of fused-ring (bicyclic) bond motifs is 1. The average molecular weight is 394 g/mol. The van der Waals surface area contributed by atoms with E-state index in [1.165, 1.54) is 0 Å². The molecule has 1 aliphatic rings. The molecule has 0 radical (unpaired) electrons. The van der Waals surface area contributed by atoms with Crippen LogP contribution in [0.25, 0.3) is 22.3 Å². The zero-order valence-electron chi connectivity index (χ0n) is 17.0. The number of amides is 1. The maximum absolute atomic E-state index is 11.6. The van der Waals surface area contributed by atoms with Crippen LogP contribution in [-0.4, -0.2) is 44.6 Å². The number of aromatic nitrogens is 4. The first-order valence-corrected chi connectivity index (χ1v) is 10.0. The average Bonchev–Trinajstić information content (AvgIpc) is 3.33. The largest absolute Gasteiger partial charge is 0.473 e. The number of anilines is 1. The van der Waals surface area contributed by atoms with Gasteiger partial charge in [-0.15, -0.1) is 0 Å². The molecule has 8 heteroatoms. The van der Waals surface area contributed by atoms with E-state index in [9.17, 15) is 4.79 Å². The highest BCUT2D eigenvalue weighted by atomic mass is 16.5. The third-order valence-corrected chi connectivity index (χ3v) is 5.25. The monoisotopic (exact) mass is 394 g/mol. The Morgan fingerprint density at radius 2 is 2.24 bits per heavy atom. The molecular formula is C21H26N6O2. The summed E-state index contributed by atoms with van der Waals surface area (Å²) in [4.78, 5) is 25.3. The summed E-state index contributed by atoms with van der Waals surface area (Å²) >= 11 is 0. The van der Waals surface area contributed by atoms with Gasteiger partial charge in [0.05, 0.1) is 17.5 Å². The molecule has 1 fully saturated rings.